The first-order valence-corrected chi connectivity index (χ1v) is 9.05. The Morgan fingerprint density at radius 2 is 2.12 bits per heavy atom. The summed E-state index contributed by atoms with van der Waals surface area (Å²) >= 11 is 0. The van der Waals surface area contributed by atoms with Gasteiger partial charge in [0.05, 0.1) is 0 Å². The van der Waals surface area contributed by atoms with Crippen molar-refractivity contribution in [3.05, 3.63) is 65.1 Å². The second kappa shape index (κ2) is 6.05. The van der Waals surface area contributed by atoms with Gasteiger partial charge in [0, 0.05) is 26.9 Å². The van der Waals surface area contributed by atoms with Gasteiger partial charge >= 0.3 is 0 Å². The van der Waals surface area contributed by atoms with Crippen LogP contribution in [0.3, 0.4) is 0 Å². The van der Waals surface area contributed by atoms with E-state index in [1.165, 1.54) is 12.3 Å². The second-order valence-corrected chi connectivity index (χ2v) is 7.63. The molecule has 1 aromatic heterocycles. The Labute approximate surface area is 152 Å². The van der Waals surface area contributed by atoms with Crippen molar-refractivity contribution in [3.63, 3.8) is 0 Å². The fourth-order valence-corrected chi connectivity index (χ4v) is 4.62. The van der Waals surface area contributed by atoms with Crippen LogP contribution in [0.1, 0.15) is 23.7 Å². The van der Waals surface area contributed by atoms with E-state index in [1.54, 1.807) is 23.7 Å². The van der Waals surface area contributed by atoms with Crippen molar-refractivity contribution in [1.29, 1.82) is 5.26 Å². The molecular weight excluding hydrogens is 347 g/mol. The summed E-state index contributed by atoms with van der Waals surface area (Å²) in [5.41, 5.74) is 1.07. The van der Waals surface area contributed by atoms with Gasteiger partial charge in [-0.3, -0.25) is 14.3 Å². The lowest BCUT2D eigenvalue weighted by Crippen LogP contribution is -2.64. The van der Waals surface area contributed by atoms with E-state index in [-0.39, 0.29) is 31.9 Å². The third-order valence-corrected chi connectivity index (χ3v) is 6.34. The van der Waals surface area contributed by atoms with Gasteiger partial charge in [-0.1, -0.05) is 30.3 Å². The Kier molecular flexibility index (Phi) is 3.82. The average molecular weight is 362 g/mol. The number of aromatic nitrogens is 1. The monoisotopic (exact) mass is 362 g/mol. The van der Waals surface area contributed by atoms with E-state index in [0.29, 0.717) is 12.0 Å². The lowest BCUT2D eigenvalue weighted by atomic mass is 9.89. The Hall–Kier alpha value is -3.03. The summed E-state index contributed by atoms with van der Waals surface area (Å²) in [6.45, 7) is 1.80. The van der Waals surface area contributed by atoms with Crippen LogP contribution in [-0.2, 0) is 16.0 Å². The van der Waals surface area contributed by atoms with Gasteiger partial charge in [-0.05, 0) is 29.9 Å². The number of carbonyl (C=O) groups excluding carboxylic acids is 2. The first kappa shape index (κ1) is 16.4. The highest BCUT2D eigenvalue weighted by Gasteiger charge is 2.50. The van der Waals surface area contributed by atoms with Crippen molar-refractivity contribution in [2.24, 2.45) is 0 Å². The number of carbonyl (C=O) groups is 2. The topological polar surface area (TPSA) is 86.1 Å². The first-order valence-electron chi connectivity index (χ1n) is 8.10. The number of rotatable bonds is 1. The van der Waals surface area contributed by atoms with Crippen LogP contribution in [0, 0.1) is 11.3 Å². The summed E-state index contributed by atoms with van der Waals surface area (Å²) in [6.07, 6.45) is 3.52. The number of nitrogens with one attached hydrogen (secondary N) is 1. The molecule has 2 aliphatic heterocycles. The number of piperazine rings is 1. The molecule has 2 amide bonds. The molecule has 0 bridgehead atoms. The third kappa shape index (κ3) is 2.49. The standard InChI is InChI=1S/C19H15N4O2P/c1-19-10-13-5-2-3-7-16(13)26-23(19)17(24)14(22-18(19)25)9-12-6-4-8-21-15(12)11-20/h2-9,26H,10H2,1H3,(H,22,25)/b14-9-. The SMILES string of the molecule is CC12Cc3ccccc3PN1C(=O)/C(=C/c1cccnc1C#N)NC2=O. The van der Waals surface area contributed by atoms with Crippen molar-refractivity contribution in [3.8, 4) is 6.07 Å². The lowest BCUT2D eigenvalue weighted by molar-refractivity contribution is -0.142. The number of nitriles is 1. The van der Waals surface area contributed by atoms with Crippen LogP contribution in [0.5, 0.6) is 0 Å². The number of fused-ring (bicyclic) bond motifs is 2. The molecule has 2 atom stereocenters. The van der Waals surface area contributed by atoms with Crippen molar-refractivity contribution >= 4 is 31.9 Å². The summed E-state index contributed by atoms with van der Waals surface area (Å²) in [5, 5.41) is 13.0. The normalized spacial score (nSPS) is 24.0. The molecule has 0 radical (unpaired) electrons. The van der Waals surface area contributed by atoms with Gasteiger partial charge in [-0.15, -0.1) is 0 Å². The van der Waals surface area contributed by atoms with Crippen LogP contribution in [0.25, 0.3) is 6.08 Å². The maximum atomic E-state index is 13.1. The zero-order valence-corrected chi connectivity index (χ0v) is 15.0. The molecule has 2 aliphatic rings. The fourth-order valence-electron chi connectivity index (χ4n) is 3.25. The molecule has 0 spiro atoms. The zero-order valence-electron chi connectivity index (χ0n) is 14.0. The maximum Gasteiger partial charge on any atom is 0.274 e. The van der Waals surface area contributed by atoms with Crippen molar-refractivity contribution in [2.75, 3.05) is 0 Å². The molecule has 3 heterocycles. The molecule has 6 nitrogen and oxygen atoms in total. The van der Waals surface area contributed by atoms with Gasteiger partial charge < -0.3 is 5.32 Å². The summed E-state index contributed by atoms with van der Waals surface area (Å²) < 4.78 is 1.64. The van der Waals surface area contributed by atoms with Crippen LogP contribution >= 0.6 is 8.73 Å². The van der Waals surface area contributed by atoms with E-state index in [2.05, 4.69) is 10.3 Å². The number of hydrogen-bond donors (Lipinski definition) is 1. The smallest absolute Gasteiger partial charge is 0.274 e. The Morgan fingerprint density at radius 1 is 1.31 bits per heavy atom. The lowest BCUT2D eigenvalue weighted by Gasteiger charge is -2.47. The van der Waals surface area contributed by atoms with Gasteiger partial charge in [0.15, 0.2) is 0 Å². The molecule has 1 aromatic carbocycles. The highest BCUT2D eigenvalue weighted by molar-refractivity contribution is 7.46. The van der Waals surface area contributed by atoms with E-state index in [1.807, 2.05) is 30.3 Å². The molecule has 128 valence electrons. The van der Waals surface area contributed by atoms with Crippen LogP contribution < -0.4 is 10.6 Å². The predicted octanol–water partition coefficient (Wildman–Crippen LogP) is 1.49. The summed E-state index contributed by atoms with van der Waals surface area (Å²) in [5.74, 6) is -0.458. The molecule has 2 unspecified atom stereocenters. The van der Waals surface area contributed by atoms with Gasteiger partial charge in [0.25, 0.3) is 11.8 Å². The van der Waals surface area contributed by atoms with Gasteiger partial charge in [0.1, 0.15) is 23.0 Å². The van der Waals surface area contributed by atoms with Crippen molar-refractivity contribution in [1.82, 2.24) is 15.0 Å². The first-order chi connectivity index (χ1) is 12.5. The molecule has 2 aromatic rings. The maximum absolute atomic E-state index is 13.1. The number of amides is 2. The molecular formula is C19H15N4O2P. The molecule has 1 N–H and O–H groups in total. The van der Waals surface area contributed by atoms with Gasteiger partial charge in [-0.2, -0.15) is 5.26 Å². The van der Waals surface area contributed by atoms with E-state index < -0.39 is 5.54 Å². The van der Waals surface area contributed by atoms with Crippen LogP contribution in [0.15, 0.2) is 48.3 Å². The molecule has 7 heteroatoms. The third-order valence-electron chi connectivity index (χ3n) is 4.69. The second-order valence-electron chi connectivity index (χ2n) is 6.43. The number of hydrogen-bond acceptors (Lipinski definition) is 4. The summed E-state index contributed by atoms with van der Waals surface area (Å²) in [6, 6.07) is 13.3. The molecule has 0 aliphatic carbocycles. The predicted molar refractivity (Wildman–Crippen MR) is 98.4 cm³/mol. The summed E-state index contributed by atoms with van der Waals surface area (Å²) in [4.78, 5) is 29.9. The number of nitrogens with zero attached hydrogens (tertiary/aromatic N) is 3. The van der Waals surface area contributed by atoms with E-state index in [0.717, 1.165) is 10.9 Å². The van der Waals surface area contributed by atoms with Crippen molar-refractivity contribution < 1.29 is 9.59 Å². The highest BCUT2D eigenvalue weighted by atomic mass is 31.1. The quantitative estimate of drug-likeness (QED) is 0.615. The Morgan fingerprint density at radius 3 is 2.92 bits per heavy atom. The van der Waals surface area contributed by atoms with Gasteiger partial charge in [0.2, 0.25) is 0 Å². The van der Waals surface area contributed by atoms with E-state index >= 15 is 0 Å². The molecule has 26 heavy (non-hydrogen) atoms. The number of pyridine rings is 1. The minimum atomic E-state index is -0.909. The van der Waals surface area contributed by atoms with Crippen LogP contribution in [0.4, 0.5) is 0 Å². The Bertz CT molecular complexity index is 1010. The zero-order chi connectivity index (χ0) is 18.3. The molecule has 4 rings (SSSR count). The van der Waals surface area contributed by atoms with Crippen molar-refractivity contribution in [2.45, 2.75) is 18.9 Å². The molecule has 1 saturated heterocycles. The minimum absolute atomic E-state index is 0.0853. The molecule has 1 fully saturated rings. The Balaban J connectivity index is 1.76. The average Bonchev–Trinajstić information content (AvgIpc) is 2.65. The van der Waals surface area contributed by atoms with Crippen LogP contribution in [0.2, 0.25) is 0 Å². The van der Waals surface area contributed by atoms with Gasteiger partial charge in [-0.25, -0.2) is 4.98 Å². The fraction of sp³-hybridized carbons (Fsp3) is 0.158. The van der Waals surface area contributed by atoms with E-state index in [4.69, 9.17) is 0 Å². The largest absolute Gasteiger partial charge is 0.319 e. The summed E-state index contributed by atoms with van der Waals surface area (Å²) in [7, 11) is 0.0853. The van der Waals surface area contributed by atoms with E-state index in [9.17, 15) is 14.9 Å². The number of benzene rings is 1. The molecule has 0 saturated carbocycles. The minimum Gasteiger partial charge on any atom is -0.319 e. The van der Waals surface area contributed by atoms with Crippen LogP contribution in [-0.4, -0.2) is 27.0 Å². The highest BCUT2D eigenvalue weighted by Crippen LogP contribution is 2.40.